The van der Waals surface area contributed by atoms with Gasteiger partial charge >= 0.3 is 0 Å². The Labute approximate surface area is 172 Å². The molecule has 29 heavy (non-hydrogen) atoms. The molecule has 4 rings (SSSR count). The molecule has 7 nitrogen and oxygen atoms in total. The van der Waals surface area contributed by atoms with Crippen molar-refractivity contribution in [1.82, 2.24) is 24.7 Å². The van der Waals surface area contributed by atoms with Gasteiger partial charge in [0.2, 0.25) is 0 Å². The van der Waals surface area contributed by atoms with Crippen LogP contribution in [-0.4, -0.2) is 38.4 Å². The van der Waals surface area contributed by atoms with Crippen LogP contribution < -0.4 is 5.56 Å². The van der Waals surface area contributed by atoms with Gasteiger partial charge in [-0.25, -0.2) is 4.98 Å². The molecule has 0 radical (unpaired) electrons. The molecule has 1 N–H and O–H groups in total. The number of aromatic nitrogens is 5. The number of thioether (sulfide) groups is 1. The molecule has 0 bridgehead atoms. The summed E-state index contributed by atoms with van der Waals surface area (Å²) in [7, 11) is 1.67. The first-order valence-corrected chi connectivity index (χ1v) is 10.2. The number of fused-ring (bicyclic) bond motifs is 1. The van der Waals surface area contributed by atoms with Crippen LogP contribution in [0.4, 0.5) is 0 Å². The Morgan fingerprint density at radius 1 is 1.14 bits per heavy atom. The van der Waals surface area contributed by atoms with Gasteiger partial charge in [-0.05, 0) is 25.1 Å². The van der Waals surface area contributed by atoms with Crippen molar-refractivity contribution >= 4 is 22.7 Å². The first kappa shape index (κ1) is 19.4. The van der Waals surface area contributed by atoms with Gasteiger partial charge in [0.15, 0.2) is 11.0 Å². The lowest BCUT2D eigenvalue weighted by atomic mass is 10.1. The Kier molecular flexibility index (Phi) is 5.73. The summed E-state index contributed by atoms with van der Waals surface area (Å²) in [4.78, 5) is 19.7. The van der Waals surface area contributed by atoms with Crippen molar-refractivity contribution in [3.05, 3.63) is 70.3 Å². The number of hydrogen-bond donors (Lipinski definition) is 1. The zero-order chi connectivity index (χ0) is 20.2. The fourth-order valence-electron chi connectivity index (χ4n) is 3.11. The average Bonchev–Trinajstić information content (AvgIpc) is 3.13. The number of H-pyrrole nitrogens is 1. The third-order valence-electron chi connectivity index (χ3n) is 4.51. The Balaban J connectivity index is 1.62. The van der Waals surface area contributed by atoms with Crippen LogP contribution in [0.2, 0.25) is 0 Å². The van der Waals surface area contributed by atoms with Crippen molar-refractivity contribution in [3.63, 3.8) is 0 Å². The first-order valence-electron chi connectivity index (χ1n) is 9.25. The minimum atomic E-state index is -0.132. The monoisotopic (exact) mass is 407 g/mol. The molecule has 2 aromatic carbocycles. The van der Waals surface area contributed by atoms with E-state index in [2.05, 4.69) is 39.2 Å². The number of methoxy groups -OCH3 is 1. The fraction of sp³-hybridized carbons (Fsp3) is 0.238. The second-order valence-corrected chi connectivity index (χ2v) is 7.58. The average molecular weight is 407 g/mol. The van der Waals surface area contributed by atoms with E-state index in [0.29, 0.717) is 35.6 Å². The van der Waals surface area contributed by atoms with E-state index in [0.717, 1.165) is 22.1 Å². The maximum atomic E-state index is 12.3. The molecule has 0 aliphatic carbocycles. The number of aromatic amines is 1. The number of benzene rings is 2. The second kappa shape index (κ2) is 8.59. The molecule has 0 aliphatic heterocycles. The van der Waals surface area contributed by atoms with E-state index in [1.807, 2.05) is 34.9 Å². The van der Waals surface area contributed by atoms with E-state index < -0.39 is 0 Å². The van der Waals surface area contributed by atoms with Gasteiger partial charge in [-0.3, -0.25) is 9.36 Å². The summed E-state index contributed by atoms with van der Waals surface area (Å²) < 4.78 is 7.31. The molecule has 2 heterocycles. The van der Waals surface area contributed by atoms with E-state index in [-0.39, 0.29) is 5.56 Å². The number of rotatable bonds is 7. The van der Waals surface area contributed by atoms with Crippen LogP contribution in [0.15, 0.2) is 58.5 Å². The smallest absolute Gasteiger partial charge is 0.258 e. The quantitative estimate of drug-likeness (QED) is 0.473. The van der Waals surface area contributed by atoms with E-state index in [9.17, 15) is 4.79 Å². The van der Waals surface area contributed by atoms with E-state index in [1.54, 1.807) is 13.2 Å². The number of para-hydroxylation sites is 1. The molecule has 4 aromatic rings. The lowest BCUT2D eigenvalue weighted by molar-refractivity contribution is 0.185. The zero-order valence-electron chi connectivity index (χ0n) is 16.3. The Bertz CT molecular complexity index is 1200. The van der Waals surface area contributed by atoms with Gasteiger partial charge in [0.05, 0.1) is 29.8 Å². The number of nitrogens with one attached hydrogen (secondary N) is 1. The summed E-state index contributed by atoms with van der Waals surface area (Å²) in [6.45, 7) is 3.24. The molecule has 8 heteroatoms. The van der Waals surface area contributed by atoms with Crippen LogP contribution in [-0.2, 0) is 17.0 Å². The highest BCUT2D eigenvalue weighted by Crippen LogP contribution is 2.26. The minimum Gasteiger partial charge on any atom is -0.383 e. The predicted molar refractivity (Wildman–Crippen MR) is 114 cm³/mol. The van der Waals surface area contributed by atoms with Gasteiger partial charge in [0.1, 0.15) is 5.82 Å². The minimum absolute atomic E-state index is 0.132. The summed E-state index contributed by atoms with van der Waals surface area (Å²) in [5.74, 6) is 1.89. The van der Waals surface area contributed by atoms with Crippen LogP contribution in [0.5, 0.6) is 0 Å². The molecule has 0 saturated carbocycles. The van der Waals surface area contributed by atoms with Gasteiger partial charge in [0.25, 0.3) is 5.56 Å². The molecule has 0 aliphatic rings. The molecule has 0 fully saturated rings. The van der Waals surface area contributed by atoms with Crippen LogP contribution >= 0.6 is 11.8 Å². The van der Waals surface area contributed by atoms with Crippen LogP contribution in [0.25, 0.3) is 22.3 Å². The van der Waals surface area contributed by atoms with Gasteiger partial charge in [0, 0.05) is 12.7 Å². The third kappa shape index (κ3) is 4.23. The molecule has 0 spiro atoms. The van der Waals surface area contributed by atoms with E-state index >= 15 is 0 Å². The highest BCUT2D eigenvalue weighted by molar-refractivity contribution is 7.98. The van der Waals surface area contributed by atoms with Gasteiger partial charge in [-0.2, -0.15) is 0 Å². The first-order chi connectivity index (χ1) is 14.2. The Morgan fingerprint density at radius 3 is 2.83 bits per heavy atom. The molecule has 0 unspecified atom stereocenters. The lowest BCUT2D eigenvalue weighted by Gasteiger charge is -2.10. The van der Waals surface area contributed by atoms with Gasteiger partial charge in [-0.15, -0.1) is 10.2 Å². The van der Waals surface area contributed by atoms with E-state index in [4.69, 9.17) is 4.74 Å². The van der Waals surface area contributed by atoms with Crippen molar-refractivity contribution in [1.29, 1.82) is 0 Å². The lowest BCUT2D eigenvalue weighted by Crippen LogP contribution is -2.11. The summed E-state index contributed by atoms with van der Waals surface area (Å²) in [6.07, 6.45) is 0. The summed E-state index contributed by atoms with van der Waals surface area (Å²) in [5, 5.41) is 10.1. The molecule has 0 saturated heterocycles. The molecule has 0 atom stereocenters. The van der Waals surface area contributed by atoms with Crippen LogP contribution in [0, 0.1) is 6.92 Å². The highest BCUT2D eigenvalue weighted by atomic mass is 32.2. The van der Waals surface area contributed by atoms with Crippen molar-refractivity contribution in [2.24, 2.45) is 0 Å². The maximum Gasteiger partial charge on any atom is 0.258 e. The Morgan fingerprint density at radius 2 is 2.00 bits per heavy atom. The molecule has 2 aromatic heterocycles. The van der Waals surface area contributed by atoms with Crippen molar-refractivity contribution in [2.75, 3.05) is 13.7 Å². The standard InChI is InChI=1S/C21H21N5O2S/c1-14-6-5-7-15(12-14)19-24-25-21(26(19)10-11-28-2)29-13-18-22-17-9-4-3-8-16(17)20(27)23-18/h3-9,12H,10-11,13H2,1-2H3,(H,22,23,27). The van der Waals surface area contributed by atoms with Crippen molar-refractivity contribution in [2.45, 2.75) is 24.4 Å². The third-order valence-corrected chi connectivity index (χ3v) is 5.49. The van der Waals surface area contributed by atoms with Crippen molar-refractivity contribution in [3.8, 4) is 11.4 Å². The fourth-order valence-corrected chi connectivity index (χ4v) is 3.95. The predicted octanol–water partition coefficient (Wildman–Crippen LogP) is 3.43. The van der Waals surface area contributed by atoms with Crippen LogP contribution in [0.3, 0.4) is 0 Å². The SMILES string of the molecule is COCCn1c(SCc2nc3ccccc3c(=O)[nH]2)nnc1-c1cccc(C)c1. The second-order valence-electron chi connectivity index (χ2n) is 6.64. The number of ether oxygens (including phenoxy) is 1. The molecular formula is C21H21N5O2S. The topological polar surface area (TPSA) is 85.7 Å². The highest BCUT2D eigenvalue weighted by Gasteiger charge is 2.15. The van der Waals surface area contributed by atoms with Crippen molar-refractivity contribution < 1.29 is 4.74 Å². The van der Waals surface area contributed by atoms with Crippen LogP contribution in [0.1, 0.15) is 11.4 Å². The normalized spacial score (nSPS) is 11.2. The molecule has 148 valence electrons. The molecule has 0 amide bonds. The van der Waals surface area contributed by atoms with Gasteiger partial charge in [-0.1, -0.05) is 47.7 Å². The zero-order valence-corrected chi connectivity index (χ0v) is 17.1. The Hall–Kier alpha value is -2.97. The maximum absolute atomic E-state index is 12.3. The largest absolute Gasteiger partial charge is 0.383 e. The summed E-state index contributed by atoms with van der Waals surface area (Å²) >= 11 is 1.49. The number of nitrogens with zero attached hydrogens (tertiary/aromatic N) is 4. The van der Waals surface area contributed by atoms with Gasteiger partial charge < -0.3 is 9.72 Å². The van der Waals surface area contributed by atoms with E-state index in [1.165, 1.54) is 11.8 Å². The summed E-state index contributed by atoms with van der Waals surface area (Å²) in [6, 6.07) is 15.5. The number of hydrogen-bond acceptors (Lipinski definition) is 6. The molecular weight excluding hydrogens is 386 g/mol. The summed E-state index contributed by atoms with van der Waals surface area (Å²) in [5.41, 5.74) is 2.73. The number of aryl methyl sites for hydroxylation is 1.